The van der Waals surface area contributed by atoms with E-state index in [1.807, 2.05) is 0 Å². The highest BCUT2D eigenvalue weighted by Gasteiger charge is 2.28. The van der Waals surface area contributed by atoms with Gasteiger partial charge < -0.3 is 4.90 Å². The van der Waals surface area contributed by atoms with Crippen LogP contribution in [0.15, 0.2) is 54.6 Å². The normalized spacial score (nSPS) is 15.4. The zero-order valence-electron chi connectivity index (χ0n) is 14.2. The molecule has 0 spiro atoms. The molecule has 1 saturated heterocycles. The van der Waals surface area contributed by atoms with Crippen molar-refractivity contribution in [1.82, 2.24) is 4.90 Å². The maximum Gasteiger partial charge on any atom is 0.246 e. The molecule has 134 valence electrons. The predicted octanol–water partition coefficient (Wildman–Crippen LogP) is 4.10. The topological polar surface area (TPSA) is 37.4 Å². The first-order valence-electron chi connectivity index (χ1n) is 8.56. The second-order valence-electron chi connectivity index (χ2n) is 6.30. The van der Waals surface area contributed by atoms with Crippen molar-refractivity contribution in [3.63, 3.8) is 0 Å². The first kappa shape index (κ1) is 18.0. The van der Waals surface area contributed by atoms with E-state index >= 15 is 0 Å². The lowest BCUT2D eigenvalue weighted by molar-refractivity contribution is -0.127. The molecule has 0 aromatic heterocycles. The molecular weight excluding hydrogens is 336 g/mol. The van der Waals surface area contributed by atoms with E-state index in [9.17, 15) is 18.4 Å². The first-order valence-corrected chi connectivity index (χ1v) is 8.56. The summed E-state index contributed by atoms with van der Waals surface area (Å²) in [7, 11) is 0. The summed E-state index contributed by atoms with van der Waals surface area (Å²) in [6.07, 6.45) is 3.78. The summed E-state index contributed by atoms with van der Waals surface area (Å²) >= 11 is 0. The molecule has 1 aliphatic heterocycles. The van der Waals surface area contributed by atoms with E-state index in [0.717, 1.165) is 0 Å². The molecule has 0 bridgehead atoms. The van der Waals surface area contributed by atoms with Gasteiger partial charge in [0.25, 0.3) is 0 Å². The minimum atomic E-state index is -0.510. The maximum atomic E-state index is 13.8. The highest BCUT2D eigenvalue weighted by molar-refractivity contribution is 5.98. The second kappa shape index (κ2) is 8.04. The van der Waals surface area contributed by atoms with E-state index < -0.39 is 5.82 Å². The number of benzene rings is 2. The number of carbonyl (C=O) groups is 2. The molecule has 1 aliphatic rings. The van der Waals surface area contributed by atoms with Gasteiger partial charge in [0.15, 0.2) is 5.78 Å². The fourth-order valence-electron chi connectivity index (χ4n) is 3.12. The van der Waals surface area contributed by atoms with Crippen molar-refractivity contribution >= 4 is 17.8 Å². The fourth-order valence-corrected chi connectivity index (χ4v) is 3.12. The zero-order valence-corrected chi connectivity index (χ0v) is 14.2. The second-order valence-corrected chi connectivity index (χ2v) is 6.30. The highest BCUT2D eigenvalue weighted by atomic mass is 19.1. The summed E-state index contributed by atoms with van der Waals surface area (Å²) in [6.45, 7) is 0.844. The Labute approximate surface area is 150 Å². The van der Waals surface area contributed by atoms with Crippen LogP contribution in [0.25, 0.3) is 6.08 Å². The van der Waals surface area contributed by atoms with Gasteiger partial charge in [-0.05, 0) is 37.1 Å². The minimum absolute atomic E-state index is 0.108. The molecule has 3 nitrogen and oxygen atoms in total. The van der Waals surface area contributed by atoms with Gasteiger partial charge in [-0.25, -0.2) is 8.78 Å². The van der Waals surface area contributed by atoms with E-state index in [0.29, 0.717) is 31.5 Å². The van der Waals surface area contributed by atoms with E-state index in [1.165, 1.54) is 30.4 Å². The third kappa shape index (κ3) is 4.04. The van der Waals surface area contributed by atoms with Crippen LogP contribution in [-0.4, -0.2) is 29.7 Å². The van der Waals surface area contributed by atoms with Crippen molar-refractivity contribution in [3.05, 3.63) is 77.4 Å². The molecule has 5 heteroatoms. The van der Waals surface area contributed by atoms with Gasteiger partial charge in [-0.15, -0.1) is 0 Å². The number of rotatable bonds is 4. The summed E-state index contributed by atoms with van der Waals surface area (Å²) in [4.78, 5) is 26.3. The molecule has 0 unspecified atom stereocenters. The Kier molecular flexibility index (Phi) is 5.56. The summed E-state index contributed by atoms with van der Waals surface area (Å²) in [6, 6.07) is 12.2. The van der Waals surface area contributed by atoms with Gasteiger partial charge >= 0.3 is 0 Å². The molecule has 2 aromatic rings. The van der Waals surface area contributed by atoms with E-state index in [-0.39, 0.29) is 29.0 Å². The Bertz CT molecular complexity index is 839. The minimum Gasteiger partial charge on any atom is -0.339 e. The Balaban J connectivity index is 1.58. The van der Waals surface area contributed by atoms with Gasteiger partial charge in [-0.1, -0.05) is 30.3 Å². The molecule has 0 atom stereocenters. The SMILES string of the molecule is O=C(c1ccccc1F)C1CCN(C(=O)C=Cc2ccccc2F)CC1. The standard InChI is InChI=1S/C21H19F2NO2/c22-18-7-3-1-5-15(18)9-10-20(25)24-13-11-16(12-14-24)21(26)17-6-2-4-8-19(17)23/h1-10,16H,11-14H2. The van der Waals surface area contributed by atoms with E-state index in [4.69, 9.17) is 0 Å². The van der Waals surface area contributed by atoms with Gasteiger partial charge in [-0.3, -0.25) is 9.59 Å². The Morgan fingerprint density at radius 1 is 0.923 bits per heavy atom. The summed E-state index contributed by atoms with van der Waals surface area (Å²) < 4.78 is 27.3. The van der Waals surface area contributed by atoms with Gasteiger partial charge in [0.2, 0.25) is 5.91 Å². The molecule has 0 N–H and O–H groups in total. The lowest BCUT2D eigenvalue weighted by Crippen LogP contribution is -2.39. The number of halogens is 2. The van der Waals surface area contributed by atoms with Gasteiger partial charge in [-0.2, -0.15) is 0 Å². The van der Waals surface area contributed by atoms with Crippen LogP contribution in [0.2, 0.25) is 0 Å². The molecular formula is C21H19F2NO2. The smallest absolute Gasteiger partial charge is 0.246 e. The van der Waals surface area contributed by atoms with Crippen molar-refractivity contribution in [2.24, 2.45) is 5.92 Å². The number of amides is 1. The lowest BCUT2D eigenvalue weighted by atomic mass is 9.88. The first-order chi connectivity index (χ1) is 12.6. The third-order valence-electron chi connectivity index (χ3n) is 4.63. The monoisotopic (exact) mass is 355 g/mol. The van der Waals surface area contributed by atoms with Crippen LogP contribution < -0.4 is 0 Å². The average Bonchev–Trinajstić information content (AvgIpc) is 2.67. The van der Waals surface area contributed by atoms with Crippen molar-refractivity contribution in [3.8, 4) is 0 Å². The molecule has 1 fully saturated rings. The number of hydrogen-bond donors (Lipinski definition) is 0. The van der Waals surface area contributed by atoms with E-state index in [1.54, 1.807) is 35.2 Å². The van der Waals surface area contributed by atoms with Crippen LogP contribution in [0.3, 0.4) is 0 Å². The third-order valence-corrected chi connectivity index (χ3v) is 4.63. The molecule has 0 aliphatic carbocycles. The number of likely N-dealkylation sites (tertiary alicyclic amines) is 1. The quantitative estimate of drug-likeness (QED) is 0.612. The summed E-state index contributed by atoms with van der Waals surface area (Å²) in [5, 5.41) is 0. The molecule has 1 amide bonds. The number of hydrogen-bond acceptors (Lipinski definition) is 2. The summed E-state index contributed by atoms with van der Waals surface area (Å²) in [5.41, 5.74) is 0.460. The highest BCUT2D eigenvalue weighted by Crippen LogP contribution is 2.23. The number of Topliss-reactive ketones (excluding diaryl/α,β-unsaturated/α-hetero) is 1. The van der Waals surface area contributed by atoms with Crippen molar-refractivity contribution in [2.45, 2.75) is 12.8 Å². The van der Waals surface area contributed by atoms with Crippen molar-refractivity contribution in [1.29, 1.82) is 0 Å². The molecule has 0 saturated carbocycles. The number of nitrogens with zero attached hydrogens (tertiary/aromatic N) is 1. The van der Waals surface area contributed by atoms with Crippen molar-refractivity contribution in [2.75, 3.05) is 13.1 Å². The number of carbonyl (C=O) groups excluding carboxylic acids is 2. The van der Waals surface area contributed by atoms with Crippen LogP contribution in [0.5, 0.6) is 0 Å². The Morgan fingerprint density at radius 2 is 1.54 bits per heavy atom. The Morgan fingerprint density at radius 3 is 2.19 bits per heavy atom. The van der Waals surface area contributed by atoms with Gasteiger partial charge in [0.05, 0.1) is 5.56 Å². The van der Waals surface area contributed by atoms with Crippen LogP contribution in [0, 0.1) is 17.6 Å². The molecule has 0 radical (unpaired) electrons. The maximum absolute atomic E-state index is 13.8. The van der Waals surface area contributed by atoms with Gasteiger partial charge in [0, 0.05) is 30.6 Å². The van der Waals surface area contributed by atoms with Crippen LogP contribution in [-0.2, 0) is 4.79 Å². The van der Waals surface area contributed by atoms with Crippen LogP contribution >= 0.6 is 0 Å². The predicted molar refractivity (Wildman–Crippen MR) is 95.5 cm³/mol. The summed E-state index contributed by atoms with van der Waals surface area (Å²) in [5.74, 6) is -1.61. The van der Waals surface area contributed by atoms with Crippen molar-refractivity contribution < 1.29 is 18.4 Å². The van der Waals surface area contributed by atoms with Crippen LogP contribution in [0.1, 0.15) is 28.8 Å². The molecule has 2 aromatic carbocycles. The van der Waals surface area contributed by atoms with Crippen LogP contribution in [0.4, 0.5) is 8.78 Å². The lowest BCUT2D eigenvalue weighted by Gasteiger charge is -2.30. The number of ketones is 1. The largest absolute Gasteiger partial charge is 0.339 e. The zero-order chi connectivity index (χ0) is 18.5. The molecule has 26 heavy (non-hydrogen) atoms. The fraction of sp³-hybridized carbons (Fsp3) is 0.238. The van der Waals surface area contributed by atoms with E-state index in [2.05, 4.69) is 0 Å². The average molecular weight is 355 g/mol. The number of piperidine rings is 1. The molecule has 1 heterocycles. The van der Waals surface area contributed by atoms with Gasteiger partial charge in [0.1, 0.15) is 11.6 Å². The Hall–Kier alpha value is -2.82. The molecule has 3 rings (SSSR count).